The molecule has 14 heavy (non-hydrogen) atoms. The average molecular weight is 261 g/mol. The van der Waals surface area contributed by atoms with Gasteiger partial charge in [-0.15, -0.1) is 0 Å². The van der Waals surface area contributed by atoms with Crippen molar-refractivity contribution in [1.82, 2.24) is 10.6 Å². The van der Waals surface area contributed by atoms with Crippen molar-refractivity contribution in [2.24, 2.45) is 0 Å². The molecule has 0 rings (SSSR count). The fraction of sp³-hybridized carbons (Fsp3) is 0.750. The third-order valence-corrected chi connectivity index (χ3v) is 2.38. The smallest absolute Gasteiger partial charge is 0.266 e. The van der Waals surface area contributed by atoms with E-state index in [1.54, 1.807) is 0 Å². The summed E-state index contributed by atoms with van der Waals surface area (Å²) in [5.74, 6) is -0.840. The zero-order valence-corrected chi connectivity index (χ0v) is 9.38. The number of hydrogen-bond donors (Lipinski definition) is 3. The van der Waals surface area contributed by atoms with Crippen LogP contribution in [0.15, 0.2) is 0 Å². The van der Waals surface area contributed by atoms with Crippen LogP contribution in [0.25, 0.3) is 0 Å². The fourth-order valence-electron chi connectivity index (χ4n) is 0.481. The van der Waals surface area contributed by atoms with Crippen molar-refractivity contribution in [3.63, 3.8) is 0 Å². The molecule has 0 aromatic heterocycles. The van der Waals surface area contributed by atoms with Gasteiger partial charge in [0.15, 0.2) is 5.11 Å². The van der Waals surface area contributed by atoms with Crippen molar-refractivity contribution in [3.05, 3.63) is 0 Å². The van der Waals surface area contributed by atoms with Crippen molar-refractivity contribution in [2.75, 3.05) is 18.2 Å². The third-order valence-electron chi connectivity index (χ3n) is 0.996. The molecule has 0 saturated heterocycles. The lowest BCUT2D eigenvalue weighted by Crippen LogP contribution is -2.39. The van der Waals surface area contributed by atoms with Crippen LogP contribution in [0.2, 0.25) is 0 Å². The standard InChI is InChI=1S/C4H10N2O5S3/c7-13(8)3-6-4(12)5-1-2-14(9,10)11/h1-3H2,(H,7,8)(H2,5,6,12)(H,9,10,11)/p-1. The molecule has 10 heteroatoms. The summed E-state index contributed by atoms with van der Waals surface area (Å²) in [5, 5.41) is 4.71. The lowest BCUT2D eigenvalue weighted by atomic mass is 10.7. The Morgan fingerprint density at radius 2 is 2.07 bits per heavy atom. The molecule has 3 N–H and O–H groups in total. The molecule has 0 spiro atoms. The molecule has 0 aromatic carbocycles. The molecule has 0 aliphatic heterocycles. The Kier molecular flexibility index (Phi) is 6.11. The van der Waals surface area contributed by atoms with Crippen LogP contribution in [0.1, 0.15) is 0 Å². The molecule has 0 radical (unpaired) electrons. The minimum atomic E-state index is -4.02. The number of nitrogens with one attached hydrogen (secondary N) is 2. The normalized spacial score (nSPS) is 13.3. The Balaban J connectivity index is 3.60. The second kappa shape index (κ2) is 6.24. The van der Waals surface area contributed by atoms with E-state index in [-0.39, 0.29) is 17.5 Å². The highest BCUT2D eigenvalue weighted by molar-refractivity contribution is 7.85. The van der Waals surface area contributed by atoms with Crippen molar-refractivity contribution in [1.29, 1.82) is 0 Å². The minimum Gasteiger partial charge on any atom is -0.771 e. The van der Waals surface area contributed by atoms with Gasteiger partial charge >= 0.3 is 0 Å². The van der Waals surface area contributed by atoms with Gasteiger partial charge in [0.2, 0.25) is 0 Å². The van der Waals surface area contributed by atoms with Crippen LogP contribution in [0.3, 0.4) is 0 Å². The average Bonchev–Trinajstić information content (AvgIpc) is 1.98. The predicted molar refractivity (Wildman–Crippen MR) is 53.9 cm³/mol. The largest absolute Gasteiger partial charge is 0.771 e. The second-order valence-corrected chi connectivity index (χ2v) is 5.04. The van der Waals surface area contributed by atoms with E-state index in [2.05, 4.69) is 22.9 Å². The zero-order valence-electron chi connectivity index (χ0n) is 6.93. The van der Waals surface area contributed by atoms with E-state index in [1.165, 1.54) is 0 Å². The first-order valence-corrected chi connectivity index (χ1v) is 6.60. The summed E-state index contributed by atoms with van der Waals surface area (Å²) in [4.78, 5) is 0. The summed E-state index contributed by atoms with van der Waals surface area (Å²) in [6.07, 6.45) is 0. The predicted octanol–water partition coefficient (Wildman–Crippen LogP) is -1.83. The SMILES string of the molecule is O=S([O-])CNC(=S)NCCS(=O)(=O)O. The van der Waals surface area contributed by atoms with Gasteiger partial charge in [-0.1, -0.05) is 0 Å². The van der Waals surface area contributed by atoms with E-state index in [0.717, 1.165) is 0 Å². The van der Waals surface area contributed by atoms with Gasteiger partial charge in [-0.3, -0.25) is 8.76 Å². The zero-order chi connectivity index (χ0) is 11.2. The molecule has 1 atom stereocenters. The van der Waals surface area contributed by atoms with Crippen LogP contribution in [0.4, 0.5) is 0 Å². The topological polar surface area (TPSA) is 119 Å². The summed E-state index contributed by atoms with van der Waals surface area (Å²) < 4.78 is 48.9. The summed E-state index contributed by atoms with van der Waals surface area (Å²) >= 11 is 2.32. The molecule has 0 aliphatic carbocycles. The van der Waals surface area contributed by atoms with Crippen molar-refractivity contribution < 1.29 is 21.7 Å². The molecule has 0 saturated carbocycles. The summed E-state index contributed by atoms with van der Waals surface area (Å²) in [7, 11) is -4.02. The molecule has 0 heterocycles. The number of hydrogen-bond acceptors (Lipinski definition) is 5. The maximum absolute atomic E-state index is 10.2. The highest BCUT2D eigenvalue weighted by Gasteiger charge is 2.03. The molecular weight excluding hydrogens is 252 g/mol. The molecule has 0 aromatic rings. The Labute approximate surface area is 89.3 Å². The van der Waals surface area contributed by atoms with Gasteiger partial charge in [-0.05, 0) is 23.3 Å². The fourth-order valence-corrected chi connectivity index (χ4v) is 1.37. The van der Waals surface area contributed by atoms with E-state index >= 15 is 0 Å². The van der Waals surface area contributed by atoms with Crippen molar-refractivity contribution in [3.8, 4) is 0 Å². The van der Waals surface area contributed by atoms with E-state index in [1.807, 2.05) is 0 Å². The molecule has 0 fully saturated rings. The Bertz CT molecular complexity index is 313. The first-order chi connectivity index (χ1) is 6.31. The Morgan fingerprint density at radius 3 is 2.50 bits per heavy atom. The van der Waals surface area contributed by atoms with Gasteiger partial charge in [0.05, 0.1) is 11.6 Å². The quantitative estimate of drug-likeness (QED) is 0.300. The molecule has 0 aliphatic rings. The van der Waals surface area contributed by atoms with Crippen LogP contribution in [-0.2, 0) is 21.2 Å². The molecule has 1 unspecified atom stereocenters. The van der Waals surface area contributed by atoms with Crippen molar-refractivity contribution in [2.45, 2.75) is 0 Å². The van der Waals surface area contributed by atoms with E-state index < -0.39 is 27.0 Å². The molecular formula is C4H9N2O5S3-. The van der Waals surface area contributed by atoms with Gasteiger partial charge in [-0.2, -0.15) is 8.42 Å². The highest BCUT2D eigenvalue weighted by atomic mass is 32.2. The van der Waals surface area contributed by atoms with E-state index in [0.29, 0.717) is 0 Å². The van der Waals surface area contributed by atoms with Crippen LogP contribution in [0, 0.1) is 0 Å². The minimum absolute atomic E-state index is 0.0119. The molecule has 0 amide bonds. The number of thiocarbonyl (C=S) groups is 1. The van der Waals surface area contributed by atoms with Gasteiger partial charge in [0.25, 0.3) is 10.1 Å². The van der Waals surface area contributed by atoms with Gasteiger partial charge in [0.1, 0.15) is 0 Å². The van der Waals surface area contributed by atoms with Gasteiger partial charge in [0, 0.05) is 6.54 Å². The molecule has 84 valence electrons. The maximum atomic E-state index is 10.2. The first kappa shape index (κ1) is 13.7. The second-order valence-electron chi connectivity index (χ2n) is 2.17. The summed E-state index contributed by atoms with van der Waals surface area (Å²) in [5.41, 5.74) is 0. The van der Waals surface area contributed by atoms with Crippen LogP contribution < -0.4 is 10.6 Å². The lowest BCUT2D eigenvalue weighted by Gasteiger charge is -2.10. The Morgan fingerprint density at radius 1 is 1.50 bits per heavy atom. The summed E-state index contributed by atoms with van der Waals surface area (Å²) in [6, 6.07) is 0. The molecule has 7 nitrogen and oxygen atoms in total. The van der Waals surface area contributed by atoms with Gasteiger partial charge in [-0.25, -0.2) is 0 Å². The van der Waals surface area contributed by atoms with Crippen LogP contribution >= 0.6 is 12.2 Å². The third kappa shape index (κ3) is 9.80. The van der Waals surface area contributed by atoms with Crippen molar-refractivity contribution >= 4 is 38.5 Å². The maximum Gasteiger partial charge on any atom is 0.266 e. The Hall–Kier alpha value is -0.290. The van der Waals surface area contributed by atoms with E-state index in [9.17, 15) is 17.2 Å². The van der Waals surface area contributed by atoms with Gasteiger partial charge < -0.3 is 15.2 Å². The molecule has 0 bridgehead atoms. The lowest BCUT2D eigenvalue weighted by molar-refractivity contribution is 0.482. The van der Waals surface area contributed by atoms with Crippen LogP contribution in [-0.4, -0.2) is 45.0 Å². The monoisotopic (exact) mass is 261 g/mol. The summed E-state index contributed by atoms with van der Waals surface area (Å²) in [6.45, 7) is -0.0871. The van der Waals surface area contributed by atoms with Crippen LogP contribution in [0.5, 0.6) is 0 Å². The number of rotatable bonds is 5. The first-order valence-electron chi connectivity index (χ1n) is 3.34. The highest BCUT2D eigenvalue weighted by Crippen LogP contribution is 1.79. The van der Waals surface area contributed by atoms with E-state index in [4.69, 9.17) is 4.55 Å².